The molecule has 0 bridgehead atoms. The van der Waals surface area contributed by atoms with Crippen LogP contribution in [0.4, 0.5) is 0 Å². The lowest BCUT2D eigenvalue weighted by molar-refractivity contribution is -0.127. The zero-order valence-corrected chi connectivity index (χ0v) is 15.9. The van der Waals surface area contributed by atoms with E-state index in [4.69, 9.17) is 0 Å². The molecule has 134 valence electrons. The fourth-order valence-corrected chi connectivity index (χ4v) is 7.77. The third-order valence-electron chi connectivity index (χ3n) is 8.93. The Kier molecular flexibility index (Phi) is 3.81. The summed E-state index contributed by atoms with van der Waals surface area (Å²) < 4.78 is 0. The van der Waals surface area contributed by atoms with Crippen molar-refractivity contribution in [2.45, 2.75) is 85.2 Å². The third kappa shape index (κ3) is 2.14. The van der Waals surface area contributed by atoms with Gasteiger partial charge < -0.3 is 5.11 Å². The van der Waals surface area contributed by atoms with E-state index in [1.165, 1.54) is 25.7 Å². The molecule has 7 atom stereocenters. The summed E-state index contributed by atoms with van der Waals surface area (Å²) in [5, 5.41) is 10.2. The van der Waals surface area contributed by atoms with Crippen molar-refractivity contribution in [2.75, 3.05) is 0 Å². The first-order valence-corrected chi connectivity index (χ1v) is 10.1. The van der Waals surface area contributed by atoms with Crippen LogP contribution >= 0.6 is 0 Å². The highest BCUT2D eigenvalue weighted by molar-refractivity contribution is 5.79. The highest BCUT2D eigenvalue weighted by atomic mass is 16.3. The summed E-state index contributed by atoms with van der Waals surface area (Å²) in [5.41, 5.74) is 3.71. The van der Waals surface area contributed by atoms with Crippen molar-refractivity contribution in [3.8, 4) is 0 Å². The van der Waals surface area contributed by atoms with Crippen LogP contribution < -0.4 is 0 Å². The molecule has 24 heavy (non-hydrogen) atoms. The molecule has 7 unspecified atom stereocenters. The molecular weight excluding hydrogens is 296 g/mol. The molecule has 0 aromatic heterocycles. The molecule has 4 rings (SSSR count). The molecule has 1 N–H and O–H groups in total. The lowest BCUT2D eigenvalue weighted by Crippen LogP contribution is -2.51. The van der Waals surface area contributed by atoms with E-state index >= 15 is 0 Å². The van der Waals surface area contributed by atoms with Crippen molar-refractivity contribution < 1.29 is 9.90 Å². The molecular formula is C22H34O2. The lowest BCUT2D eigenvalue weighted by atomic mass is 9.46. The van der Waals surface area contributed by atoms with E-state index in [0.717, 1.165) is 43.4 Å². The fraction of sp³-hybridized carbons (Fsp3) is 0.864. The van der Waals surface area contributed by atoms with E-state index in [0.29, 0.717) is 17.1 Å². The monoisotopic (exact) mass is 330 g/mol. The van der Waals surface area contributed by atoms with E-state index < -0.39 is 0 Å². The molecule has 0 amide bonds. The van der Waals surface area contributed by atoms with Crippen molar-refractivity contribution in [2.24, 2.45) is 34.5 Å². The van der Waals surface area contributed by atoms with Gasteiger partial charge in [0.1, 0.15) is 5.78 Å². The number of carbonyl (C=O) groups excluding carboxylic acids is 1. The van der Waals surface area contributed by atoms with Crippen molar-refractivity contribution >= 4 is 5.78 Å². The smallest absolute Gasteiger partial charge is 0.133 e. The van der Waals surface area contributed by atoms with Crippen LogP contribution in [0.25, 0.3) is 0 Å². The summed E-state index contributed by atoms with van der Waals surface area (Å²) in [6.07, 6.45) is 9.00. The van der Waals surface area contributed by atoms with Crippen LogP contribution in [-0.2, 0) is 4.79 Å². The Balaban J connectivity index is 1.71. The van der Waals surface area contributed by atoms with Gasteiger partial charge in [-0.15, -0.1) is 0 Å². The highest BCUT2D eigenvalue weighted by Crippen LogP contribution is 2.67. The van der Waals surface area contributed by atoms with Crippen LogP contribution in [0.1, 0.15) is 79.1 Å². The van der Waals surface area contributed by atoms with Gasteiger partial charge in [0, 0.05) is 5.92 Å². The van der Waals surface area contributed by atoms with Gasteiger partial charge in [-0.05, 0) is 93.8 Å². The number of hydrogen-bond donors (Lipinski definition) is 1. The minimum atomic E-state index is -0.123. The van der Waals surface area contributed by atoms with Gasteiger partial charge in [0.05, 0.1) is 6.10 Å². The molecule has 3 fully saturated rings. The predicted octanol–water partition coefficient (Wildman–Crippen LogP) is 4.91. The highest BCUT2D eigenvalue weighted by Gasteiger charge is 2.59. The molecule has 2 heteroatoms. The average Bonchev–Trinajstić information content (AvgIpc) is 2.87. The minimum Gasteiger partial charge on any atom is -0.393 e. The SMILES string of the molecule is CC(=O)C1CCC2C3CC(C)=C4CC(O)CCC4(C)C3CCC12C. The first-order valence-electron chi connectivity index (χ1n) is 10.1. The van der Waals surface area contributed by atoms with Crippen LogP contribution in [0.2, 0.25) is 0 Å². The number of allylic oxidation sites excluding steroid dienone is 1. The third-order valence-corrected chi connectivity index (χ3v) is 8.93. The predicted molar refractivity (Wildman–Crippen MR) is 96.5 cm³/mol. The summed E-state index contributed by atoms with van der Waals surface area (Å²) in [5.74, 6) is 2.99. The topological polar surface area (TPSA) is 37.3 Å². The minimum absolute atomic E-state index is 0.123. The molecule has 0 aliphatic heterocycles. The van der Waals surface area contributed by atoms with Crippen LogP contribution in [0.5, 0.6) is 0 Å². The number of hydrogen-bond acceptors (Lipinski definition) is 2. The van der Waals surface area contributed by atoms with Gasteiger partial charge in [0.15, 0.2) is 0 Å². The van der Waals surface area contributed by atoms with Gasteiger partial charge in [-0.1, -0.05) is 25.0 Å². The number of carbonyl (C=O) groups is 1. The van der Waals surface area contributed by atoms with Gasteiger partial charge in [-0.3, -0.25) is 4.79 Å². The molecule has 0 radical (unpaired) electrons. The summed E-state index contributed by atoms with van der Waals surface area (Å²) in [6.45, 7) is 9.06. The van der Waals surface area contributed by atoms with E-state index in [-0.39, 0.29) is 11.5 Å². The molecule has 0 aromatic carbocycles. The second kappa shape index (κ2) is 5.43. The van der Waals surface area contributed by atoms with Crippen LogP contribution in [0.3, 0.4) is 0 Å². The summed E-state index contributed by atoms with van der Waals surface area (Å²) in [4.78, 5) is 12.2. The van der Waals surface area contributed by atoms with Crippen molar-refractivity contribution in [1.29, 1.82) is 0 Å². The molecule has 0 heterocycles. The maximum Gasteiger partial charge on any atom is 0.133 e. The van der Waals surface area contributed by atoms with Gasteiger partial charge >= 0.3 is 0 Å². The maximum atomic E-state index is 12.2. The van der Waals surface area contributed by atoms with E-state index in [1.54, 1.807) is 11.1 Å². The molecule has 0 aromatic rings. The number of Topliss-reactive ketones (excluding diaryl/α,β-unsaturated/α-hetero) is 1. The Morgan fingerprint density at radius 3 is 2.50 bits per heavy atom. The van der Waals surface area contributed by atoms with E-state index in [9.17, 15) is 9.90 Å². The molecule has 0 saturated heterocycles. The van der Waals surface area contributed by atoms with Gasteiger partial charge in [0.25, 0.3) is 0 Å². The molecule has 0 spiro atoms. The number of rotatable bonds is 1. The van der Waals surface area contributed by atoms with Gasteiger partial charge in [0.2, 0.25) is 0 Å². The van der Waals surface area contributed by atoms with Crippen molar-refractivity contribution in [3.05, 3.63) is 11.1 Å². The molecule has 2 nitrogen and oxygen atoms in total. The Bertz CT molecular complexity index is 591. The van der Waals surface area contributed by atoms with E-state index in [2.05, 4.69) is 20.8 Å². The average molecular weight is 331 g/mol. The van der Waals surface area contributed by atoms with Gasteiger partial charge in [-0.25, -0.2) is 0 Å². The normalized spacial score (nSPS) is 51.0. The van der Waals surface area contributed by atoms with Crippen molar-refractivity contribution in [1.82, 2.24) is 0 Å². The van der Waals surface area contributed by atoms with Crippen molar-refractivity contribution in [3.63, 3.8) is 0 Å². The molecule has 4 aliphatic rings. The first-order chi connectivity index (χ1) is 11.3. The fourth-order valence-electron chi connectivity index (χ4n) is 7.77. The van der Waals surface area contributed by atoms with E-state index in [1.807, 2.05) is 6.92 Å². The Morgan fingerprint density at radius 1 is 1.04 bits per heavy atom. The van der Waals surface area contributed by atoms with Crippen LogP contribution in [0.15, 0.2) is 11.1 Å². The Morgan fingerprint density at radius 2 is 1.79 bits per heavy atom. The zero-order chi connectivity index (χ0) is 17.3. The number of aliphatic hydroxyl groups excluding tert-OH is 1. The maximum absolute atomic E-state index is 12.2. The second-order valence-electron chi connectivity index (χ2n) is 9.94. The summed E-state index contributed by atoms with van der Waals surface area (Å²) in [6, 6.07) is 0. The Labute approximate surface area is 147 Å². The largest absolute Gasteiger partial charge is 0.393 e. The van der Waals surface area contributed by atoms with Gasteiger partial charge in [-0.2, -0.15) is 0 Å². The van der Waals surface area contributed by atoms with Crippen LogP contribution in [0, 0.1) is 34.5 Å². The summed E-state index contributed by atoms with van der Waals surface area (Å²) >= 11 is 0. The number of ketones is 1. The summed E-state index contributed by atoms with van der Waals surface area (Å²) in [7, 11) is 0. The second-order valence-corrected chi connectivity index (χ2v) is 9.94. The standard InChI is InChI=1S/C22H34O2/c1-13-11-16-18-6-5-17(14(2)23)21(18,3)10-8-19(16)22(4)9-7-15(24)12-20(13)22/h15-19,24H,5-12H2,1-4H3. The number of fused-ring (bicyclic) bond motifs is 5. The lowest BCUT2D eigenvalue weighted by Gasteiger charge is -2.58. The zero-order valence-electron chi connectivity index (χ0n) is 15.9. The quantitative estimate of drug-likeness (QED) is 0.694. The first kappa shape index (κ1) is 16.8. The molecule has 4 aliphatic carbocycles. The number of aliphatic hydroxyl groups is 1. The molecule has 3 saturated carbocycles. The Hall–Kier alpha value is -0.630. The van der Waals surface area contributed by atoms with Crippen LogP contribution in [-0.4, -0.2) is 17.0 Å².